The number of anilines is 2. The van der Waals surface area contributed by atoms with Crippen LogP contribution in [-0.4, -0.2) is 58.8 Å². The second-order valence-corrected chi connectivity index (χ2v) is 18.6. The molecule has 6 aliphatic rings. The summed E-state index contributed by atoms with van der Waals surface area (Å²) in [6, 6.07) is 2.94. The van der Waals surface area contributed by atoms with E-state index in [4.69, 9.17) is 14.6 Å². The maximum Gasteiger partial charge on any atom is 0.354 e. The predicted molar refractivity (Wildman–Crippen MR) is 199 cm³/mol. The van der Waals surface area contributed by atoms with Crippen LogP contribution in [0.25, 0.3) is 0 Å². The highest BCUT2D eigenvalue weighted by Crippen LogP contribution is 2.41. The number of rotatable bonds is 7. The molecule has 4 aliphatic carbocycles. The lowest BCUT2D eigenvalue weighted by Gasteiger charge is -2.25. The molecular formula is C36H40N10O6S2. The molecule has 0 saturated carbocycles. The highest BCUT2D eigenvalue weighted by molar-refractivity contribution is 7.92. The molecule has 0 radical (unpaired) electrons. The molecule has 2 aromatic carbocycles. The van der Waals surface area contributed by atoms with E-state index in [2.05, 4.69) is 46.4 Å². The normalized spacial score (nSPS) is 21.7. The molecule has 4 heterocycles. The molecule has 0 fully saturated rings. The van der Waals surface area contributed by atoms with Gasteiger partial charge < -0.3 is 20.1 Å². The van der Waals surface area contributed by atoms with Crippen molar-refractivity contribution in [3.63, 3.8) is 0 Å². The van der Waals surface area contributed by atoms with E-state index in [1.807, 2.05) is 6.92 Å². The van der Waals surface area contributed by atoms with Crippen LogP contribution in [0, 0.1) is 0 Å². The first-order valence-corrected chi connectivity index (χ1v) is 21.6. The van der Waals surface area contributed by atoms with Gasteiger partial charge in [0.15, 0.2) is 19.8 Å². The topological polar surface area (TPSA) is 209 Å². The van der Waals surface area contributed by atoms with Crippen LogP contribution in [-0.2, 0) is 84.3 Å². The summed E-state index contributed by atoms with van der Waals surface area (Å²) in [4.78, 5) is 27.0. The Hall–Kier alpha value is -4.78. The first kappa shape index (κ1) is 33.8. The Labute approximate surface area is 312 Å². The number of carbonyl (C=O) groups excluding carboxylic acids is 2. The van der Waals surface area contributed by atoms with E-state index < -0.39 is 38.0 Å². The average molecular weight is 773 g/mol. The Kier molecular flexibility index (Phi) is 7.74. The van der Waals surface area contributed by atoms with Crippen LogP contribution in [0.2, 0.25) is 0 Å². The van der Waals surface area contributed by atoms with Crippen LogP contribution in [0.5, 0.6) is 11.8 Å². The van der Waals surface area contributed by atoms with Crippen LogP contribution < -0.4 is 30.0 Å². The number of nitrogens with two attached hydrogens (primary N) is 1. The Bertz CT molecular complexity index is 2580. The number of fused-ring (bicyclic) bond motifs is 6. The first-order valence-electron chi connectivity index (χ1n) is 18.5. The van der Waals surface area contributed by atoms with Crippen LogP contribution in [0.3, 0.4) is 0 Å². The van der Waals surface area contributed by atoms with Gasteiger partial charge in [0.1, 0.15) is 22.0 Å². The molecule has 282 valence electrons. The lowest BCUT2D eigenvalue weighted by Crippen LogP contribution is -2.36. The smallest absolute Gasteiger partial charge is 0.354 e. The number of benzene rings is 2. The minimum atomic E-state index is -3.77. The predicted octanol–water partition coefficient (Wildman–Crippen LogP) is 3.99. The van der Waals surface area contributed by atoms with Gasteiger partial charge >= 0.3 is 12.1 Å². The molecule has 4 aromatic rings. The average Bonchev–Trinajstić information content (AvgIpc) is 3.92. The SMILES string of the molecule is C[C@@H]1Cn2ncc([S@@](=O)(=NC(=O)Nc3c4c(cc5c3CC5)CCC4)NC[C@H]3Cn4ncc([S@@](N)(=O)=NC(=O)Nc5c6c(cc7c5CC7)CCC6)c4O3)c2O1. The zero-order chi connectivity index (χ0) is 36.9. The fourth-order valence-corrected chi connectivity index (χ4v) is 11.3. The fraction of sp³-hybridized carbons (Fsp3) is 0.444. The zero-order valence-electron chi connectivity index (χ0n) is 29.7. The number of hydrogen-bond donors (Lipinski definition) is 4. The van der Waals surface area contributed by atoms with E-state index in [1.54, 1.807) is 4.68 Å². The van der Waals surface area contributed by atoms with Crippen LogP contribution in [0.4, 0.5) is 21.0 Å². The number of carbonyl (C=O) groups is 2. The number of ether oxygens (including phenoxy) is 2. The van der Waals surface area contributed by atoms with Crippen molar-refractivity contribution < 1.29 is 27.5 Å². The van der Waals surface area contributed by atoms with Crippen molar-refractivity contribution >= 4 is 43.3 Å². The number of hydrogen-bond acceptors (Lipinski definition) is 8. The Balaban J connectivity index is 0.890. The van der Waals surface area contributed by atoms with Crippen LogP contribution >= 0.6 is 0 Å². The molecule has 4 atom stereocenters. The van der Waals surface area contributed by atoms with E-state index in [9.17, 15) is 18.0 Å². The molecule has 54 heavy (non-hydrogen) atoms. The number of aryl methyl sites for hydroxylation is 4. The minimum Gasteiger partial charge on any atom is -0.472 e. The second kappa shape index (κ2) is 12.4. The van der Waals surface area contributed by atoms with Gasteiger partial charge in [-0.3, -0.25) is 0 Å². The fourth-order valence-electron chi connectivity index (χ4n) is 8.67. The standard InChI is InChI=1S/C36H40N10O6S2/c1-19-17-45-34(51-19)30(16-39-45)54(50,44-36(48)42-32-26-7-3-5-21(26)13-23-9-11-28(23)32)40-14-24-18-46-33(52-24)29(15-38-46)53(37,49)43-35(47)41-31-25-6-2-4-20(25)12-22-8-10-27(22)31/h12-13,15-16,19,24H,2-11,14,17-18H2,1H3,(H3,37,41,43,47,49)(H2,40,42,44,48,50)/t19-,24+,53+,54+/m1/s1. The van der Waals surface area contributed by atoms with E-state index >= 15 is 0 Å². The molecule has 0 saturated heterocycles. The third-order valence-electron chi connectivity index (χ3n) is 11.4. The summed E-state index contributed by atoms with van der Waals surface area (Å²) < 4.78 is 54.9. The number of amides is 4. The molecule has 18 heteroatoms. The zero-order valence-corrected chi connectivity index (χ0v) is 31.3. The van der Waals surface area contributed by atoms with Crippen molar-refractivity contribution in [1.29, 1.82) is 0 Å². The summed E-state index contributed by atoms with van der Waals surface area (Å²) in [6.07, 6.45) is 11.2. The third-order valence-corrected chi connectivity index (χ3v) is 14.6. The molecule has 0 spiro atoms. The molecule has 16 nitrogen and oxygen atoms in total. The summed E-state index contributed by atoms with van der Waals surface area (Å²) in [5.74, 6) is 0.373. The second-order valence-electron chi connectivity index (χ2n) is 14.9. The summed E-state index contributed by atoms with van der Waals surface area (Å²) in [5.41, 5.74) is 11.0. The van der Waals surface area contributed by atoms with Gasteiger partial charge in [-0.25, -0.2) is 37.2 Å². The lowest BCUT2D eigenvalue weighted by molar-refractivity contribution is 0.230. The van der Waals surface area contributed by atoms with Gasteiger partial charge in [-0.1, -0.05) is 12.1 Å². The molecule has 0 unspecified atom stereocenters. The molecule has 2 aliphatic heterocycles. The third kappa shape index (κ3) is 5.52. The Morgan fingerprint density at radius 1 is 0.759 bits per heavy atom. The van der Waals surface area contributed by atoms with Gasteiger partial charge in [0.25, 0.3) is 0 Å². The minimum absolute atomic E-state index is 0.0277. The van der Waals surface area contributed by atoms with Crippen molar-refractivity contribution in [3.8, 4) is 11.8 Å². The van der Waals surface area contributed by atoms with Gasteiger partial charge in [0.05, 0.1) is 25.5 Å². The van der Waals surface area contributed by atoms with Crippen molar-refractivity contribution in [2.24, 2.45) is 13.9 Å². The Morgan fingerprint density at radius 3 is 1.91 bits per heavy atom. The monoisotopic (exact) mass is 772 g/mol. The molecule has 5 N–H and O–H groups in total. The maximum atomic E-state index is 14.8. The van der Waals surface area contributed by atoms with Crippen molar-refractivity contribution in [1.82, 2.24) is 24.3 Å². The van der Waals surface area contributed by atoms with Crippen molar-refractivity contribution in [2.75, 3.05) is 17.2 Å². The van der Waals surface area contributed by atoms with Gasteiger partial charge in [-0.2, -0.15) is 10.2 Å². The first-order chi connectivity index (χ1) is 26.0. The van der Waals surface area contributed by atoms with Gasteiger partial charge in [0.2, 0.25) is 11.8 Å². The van der Waals surface area contributed by atoms with Gasteiger partial charge in [-0.05, 0) is 116 Å². The highest BCUT2D eigenvalue weighted by Gasteiger charge is 2.35. The summed E-state index contributed by atoms with van der Waals surface area (Å²) in [5, 5.41) is 20.7. The molecule has 0 bridgehead atoms. The quantitative estimate of drug-likeness (QED) is 0.215. The molecule has 2 aromatic heterocycles. The lowest BCUT2D eigenvalue weighted by atomic mass is 9.83. The molecule has 10 rings (SSSR count). The van der Waals surface area contributed by atoms with Crippen LogP contribution in [0.1, 0.15) is 64.3 Å². The Morgan fingerprint density at radius 2 is 1.30 bits per heavy atom. The van der Waals surface area contributed by atoms with E-state index in [-0.39, 0.29) is 40.7 Å². The number of aromatic nitrogens is 4. The van der Waals surface area contributed by atoms with Gasteiger partial charge in [0, 0.05) is 17.9 Å². The molecular weight excluding hydrogens is 733 g/mol. The van der Waals surface area contributed by atoms with Crippen molar-refractivity contribution in [3.05, 3.63) is 69.0 Å². The summed E-state index contributed by atoms with van der Waals surface area (Å²) in [7, 11) is -7.44. The maximum absolute atomic E-state index is 14.8. The summed E-state index contributed by atoms with van der Waals surface area (Å²) in [6.45, 7) is 2.46. The molecule has 4 amide bonds. The largest absolute Gasteiger partial charge is 0.472 e. The van der Waals surface area contributed by atoms with Crippen molar-refractivity contribution in [2.45, 2.75) is 106 Å². The number of nitrogens with zero attached hydrogens (tertiary/aromatic N) is 6. The number of urea groups is 2. The van der Waals surface area contributed by atoms with E-state index in [1.165, 1.54) is 39.3 Å². The summed E-state index contributed by atoms with van der Waals surface area (Å²) >= 11 is 0. The highest BCUT2D eigenvalue weighted by atomic mass is 32.2. The van der Waals surface area contributed by atoms with Crippen LogP contribution in [0.15, 0.2) is 43.0 Å². The van der Waals surface area contributed by atoms with E-state index in [0.29, 0.717) is 6.54 Å². The number of nitrogens with one attached hydrogen (secondary N) is 3. The van der Waals surface area contributed by atoms with E-state index in [0.717, 1.165) is 97.8 Å². The van der Waals surface area contributed by atoms with Gasteiger partial charge in [-0.15, -0.1) is 8.73 Å².